The summed E-state index contributed by atoms with van der Waals surface area (Å²) >= 11 is 0. The average molecular weight is 218 g/mol. The molecule has 0 bridgehead atoms. The van der Waals surface area contributed by atoms with E-state index < -0.39 is 22.0 Å². The van der Waals surface area contributed by atoms with Crippen molar-refractivity contribution in [2.45, 2.75) is 13.0 Å². The molecule has 0 aliphatic heterocycles. The van der Waals surface area contributed by atoms with E-state index >= 15 is 0 Å². The fourth-order valence-electron chi connectivity index (χ4n) is 0.990. The van der Waals surface area contributed by atoms with Gasteiger partial charge < -0.3 is 4.57 Å². The normalized spacial score (nSPS) is 10.6. The molecule has 0 fully saturated rings. The van der Waals surface area contributed by atoms with Crippen LogP contribution in [0.25, 0.3) is 0 Å². The highest BCUT2D eigenvalue weighted by Gasteiger charge is 1.96. The van der Waals surface area contributed by atoms with E-state index in [1.165, 1.54) is 16.8 Å². The Labute approximate surface area is 81.2 Å². The van der Waals surface area contributed by atoms with Gasteiger partial charge in [-0.3, -0.25) is 9.78 Å². The number of hydrogen-bond acceptors (Lipinski definition) is 4. The number of nitrogens with zero attached hydrogens (tertiary/aromatic N) is 1. The van der Waals surface area contributed by atoms with E-state index in [1.807, 2.05) is 0 Å². The van der Waals surface area contributed by atoms with Crippen LogP contribution in [0, 0.1) is 0 Å². The third-order valence-electron chi connectivity index (χ3n) is 1.64. The first-order valence-corrected chi connectivity index (χ1v) is 5.37. The van der Waals surface area contributed by atoms with Crippen LogP contribution in [0.3, 0.4) is 0 Å². The Morgan fingerprint density at radius 1 is 1.36 bits per heavy atom. The Bertz CT molecular complexity index is 477. The first-order chi connectivity index (χ1) is 6.59. The summed E-state index contributed by atoms with van der Waals surface area (Å²) in [5, 5.41) is 0. The van der Waals surface area contributed by atoms with E-state index in [1.54, 1.807) is 0 Å². The molecular weight excluding hydrogens is 208 g/mol. The third-order valence-corrected chi connectivity index (χ3v) is 2.32. The second kappa shape index (κ2) is 4.75. The van der Waals surface area contributed by atoms with Crippen molar-refractivity contribution >= 4 is 10.7 Å². The second-order valence-electron chi connectivity index (χ2n) is 2.71. The predicted molar refractivity (Wildman–Crippen MR) is 51.1 cm³/mol. The zero-order valence-corrected chi connectivity index (χ0v) is 8.20. The van der Waals surface area contributed by atoms with Gasteiger partial charge in [0, 0.05) is 24.6 Å². The van der Waals surface area contributed by atoms with Gasteiger partial charge in [-0.2, -0.15) is 0 Å². The van der Waals surface area contributed by atoms with Crippen molar-refractivity contribution < 1.29 is 8.42 Å². The summed E-state index contributed by atoms with van der Waals surface area (Å²) in [7, 11) is -2.40. The van der Waals surface area contributed by atoms with Crippen LogP contribution >= 0.6 is 0 Å². The highest BCUT2D eigenvalue weighted by molar-refractivity contribution is 7.72. The van der Waals surface area contributed by atoms with Crippen LogP contribution in [-0.4, -0.2) is 23.7 Å². The molecule has 78 valence electrons. The van der Waals surface area contributed by atoms with Gasteiger partial charge in [0.2, 0.25) is 0 Å². The molecule has 6 nitrogen and oxygen atoms in total. The molecule has 0 spiro atoms. The summed E-state index contributed by atoms with van der Waals surface area (Å²) in [6, 6.07) is 1.22. The van der Waals surface area contributed by atoms with Gasteiger partial charge in [-0.25, -0.2) is 13.2 Å². The minimum Gasteiger partial charge on any atom is -0.301 e. The quantitative estimate of drug-likeness (QED) is 0.604. The molecule has 0 aromatic carbocycles. The van der Waals surface area contributed by atoms with Crippen LogP contribution in [0.1, 0.15) is 6.42 Å². The van der Waals surface area contributed by atoms with E-state index in [9.17, 15) is 18.0 Å². The molecule has 1 N–H and O–H groups in total. The standard InChI is InChI=1S/C7H10N2O4S/c10-6-2-4-9(7(11)8-6)3-1-5-14(12)13/h2,4,14H,1,3,5H2,(H,8,10,11). The number of H-pyrrole nitrogens is 1. The SMILES string of the molecule is O=c1ccn(CCC[SH](=O)=O)c(=O)[nH]1. The summed E-state index contributed by atoms with van der Waals surface area (Å²) in [5.41, 5.74) is -0.972. The van der Waals surface area contributed by atoms with Crippen LogP contribution in [0.5, 0.6) is 0 Å². The Hall–Kier alpha value is -1.37. The number of rotatable bonds is 4. The Morgan fingerprint density at radius 2 is 2.07 bits per heavy atom. The Morgan fingerprint density at radius 3 is 2.64 bits per heavy atom. The summed E-state index contributed by atoms with van der Waals surface area (Å²) in [6.45, 7) is 0.291. The minimum atomic E-state index is -2.40. The van der Waals surface area contributed by atoms with E-state index in [0.717, 1.165) is 0 Å². The van der Waals surface area contributed by atoms with Crippen molar-refractivity contribution in [2.75, 3.05) is 5.75 Å². The number of thiol groups is 1. The minimum absolute atomic E-state index is 0.0426. The molecular formula is C7H10N2O4S. The maximum absolute atomic E-state index is 11.1. The average Bonchev–Trinajstić information content (AvgIpc) is 2.08. The van der Waals surface area contributed by atoms with Crippen LogP contribution in [0.4, 0.5) is 0 Å². The van der Waals surface area contributed by atoms with E-state index in [4.69, 9.17) is 0 Å². The molecule has 7 heteroatoms. The molecule has 14 heavy (non-hydrogen) atoms. The van der Waals surface area contributed by atoms with Crippen molar-refractivity contribution in [1.82, 2.24) is 9.55 Å². The highest BCUT2D eigenvalue weighted by atomic mass is 32.2. The predicted octanol–water partition coefficient (Wildman–Crippen LogP) is -1.46. The number of aromatic nitrogens is 2. The van der Waals surface area contributed by atoms with Gasteiger partial charge in [0.25, 0.3) is 5.56 Å². The first kappa shape index (κ1) is 10.7. The molecule has 0 unspecified atom stereocenters. The van der Waals surface area contributed by atoms with Crippen LogP contribution < -0.4 is 11.2 Å². The molecule has 0 amide bonds. The molecule has 0 aliphatic rings. The topological polar surface area (TPSA) is 89.0 Å². The molecule has 0 radical (unpaired) electrons. The molecule has 0 aliphatic carbocycles. The monoisotopic (exact) mass is 218 g/mol. The molecule has 1 aromatic rings. The maximum Gasteiger partial charge on any atom is 0.328 e. The van der Waals surface area contributed by atoms with Gasteiger partial charge in [-0.05, 0) is 6.42 Å². The van der Waals surface area contributed by atoms with Gasteiger partial charge in [0.05, 0.1) is 0 Å². The Balaban J connectivity index is 2.68. The van der Waals surface area contributed by atoms with Gasteiger partial charge in [-0.1, -0.05) is 0 Å². The summed E-state index contributed by atoms with van der Waals surface area (Å²) < 4.78 is 21.7. The molecule has 0 saturated carbocycles. The summed E-state index contributed by atoms with van der Waals surface area (Å²) in [5.74, 6) is 0.0426. The largest absolute Gasteiger partial charge is 0.328 e. The van der Waals surface area contributed by atoms with Crippen molar-refractivity contribution in [3.63, 3.8) is 0 Å². The summed E-state index contributed by atoms with van der Waals surface area (Å²) in [6.07, 6.45) is 1.71. The molecule has 1 heterocycles. The van der Waals surface area contributed by atoms with Gasteiger partial charge in [0.1, 0.15) is 10.7 Å². The molecule has 1 aromatic heterocycles. The summed E-state index contributed by atoms with van der Waals surface area (Å²) in [4.78, 5) is 23.8. The maximum atomic E-state index is 11.1. The Kier molecular flexibility index (Phi) is 3.63. The van der Waals surface area contributed by atoms with Gasteiger partial charge >= 0.3 is 5.69 Å². The van der Waals surface area contributed by atoms with Crippen LogP contribution in [-0.2, 0) is 17.2 Å². The van der Waals surface area contributed by atoms with Crippen molar-refractivity contribution in [3.8, 4) is 0 Å². The fourth-order valence-corrected chi connectivity index (χ4v) is 1.39. The number of nitrogens with one attached hydrogen (secondary N) is 1. The highest BCUT2D eigenvalue weighted by Crippen LogP contribution is 1.84. The van der Waals surface area contributed by atoms with Gasteiger partial charge in [-0.15, -0.1) is 0 Å². The molecule has 1 rings (SSSR count). The lowest BCUT2D eigenvalue weighted by atomic mass is 10.4. The first-order valence-electron chi connectivity index (χ1n) is 4.01. The fraction of sp³-hybridized carbons (Fsp3) is 0.429. The lowest BCUT2D eigenvalue weighted by molar-refractivity contribution is 0.596. The van der Waals surface area contributed by atoms with Gasteiger partial charge in [0.15, 0.2) is 0 Å². The number of aryl methyl sites for hydroxylation is 1. The number of aromatic amines is 1. The van der Waals surface area contributed by atoms with Crippen molar-refractivity contribution in [3.05, 3.63) is 33.1 Å². The third kappa shape index (κ3) is 3.17. The zero-order chi connectivity index (χ0) is 10.6. The zero-order valence-electron chi connectivity index (χ0n) is 7.30. The second-order valence-corrected chi connectivity index (χ2v) is 3.83. The van der Waals surface area contributed by atoms with E-state index in [2.05, 4.69) is 4.98 Å². The molecule has 0 saturated heterocycles. The van der Waals surface area contributed by atoms with Crippen molar-refractivity contribution in [2.24, 2.45) is 0 Å². The number of hydrogen-bond donors (Lipinski definition) is 2. The lowest BCUT2D eigenvalue weighted by Crippen LogP contribution is -2.28. The molecule has 0 atom stereocenters. The lowest BCUT2D eigenvalue weighted by Gasteiger charge is -2.00. The van der Waals surface area contributed by atoms with Crippen LogP contribution in [0.2, 0.25) is 0 Å². The van der Waals surface area contributed by atoms with Crippen LogP contribution in [0.15, 0.2) is 21.9 Å². The van der Waals surface area contributed by atoms with E-state index in [-0.39, 0.29) is 5.75 Å². The smallest absolute Gasteiger partial charge is 0.301 e. The van der Waals surface area contributed by atoms with E-state index in [0.29, 0.717) is 13.0 Å². The van der Waals surface area contributed by atoms with Crippen molar-refractivity contribution in [1.29, 1.82) is 0 Å².